The molecule has 2 heterocycles. The van der Waals surface area contributed by atoms with Gasteiger partial charge in [-0.3, -0.25) is 9.78 Å². The van der Waals surface area contributed by atoms with Gasteiger partial charge in [-0.25, -0.2) is 4.79 Å². The predicted octanol–water partition coefficient (Wildman–Crippen LogP) is 1.56. The Labute approximate surface area is 165 Å². The molecule has 0 bridgehead atoms. The van der Waals surface area contributed by atoms with Crippen molar-refractivity contribution in [2.24, 2.45) is 5.92 Å². The second-order valence-corrected chi connectivity index (χ2v) is 6.59. The van der Waals surface area contributed by atoms with Crippen LogP contribution in [-0.4, -0.2) is 27.3 Å². The van der Waals surface area contributed by atoms with E-state index in [1.807, 2.05) is 6.07 Å². The molecule has 1 saturated carbocycles. The van der Waals surface area contributed by atoms with Gasteiger partial charge in [-0.2, -0.15) is 5.26 Å². The summed E-state index contributed by atoms with van der Waals surface area (Å²) >= 11 is 0. The largest absolute Gasteiger partial charge is 0.480 e. The van der Waals surface area contributed by atoms with Crippen molar-refractivity contribution in [3.8, 4) is 35.0 Å². The number of nitriles is 1. The third kappa shape index (κ3) is 3.78. The number of rotatable bonds is 3. The maximum Gasteiger partial charge on any atom is 0.325 e. The van der Waals surface area contributed by atoms with Crippen LogP contribution in [0.15, 0.2) is 46.1 Å². The lowest BCUT2D eigenvalue weighted by Crippen LogP contribution is -2.23. The molecule has 4 rings (SSSR count). The first-order valence-corrected chi connectivity index (χ1v) is 8.84. The molecule has 1 fully saturated rings. The molecule has 1 aliphatic carbocycles. The second kappa shape index (κ2) is 7.45. The van der Waals surface area contributed by atoms with Crippen molar-refractivity contribution in [2.75, 3.05) is 7.11 Å². The number of aromatic nitrogens is 4. The van der Waals surface area contributed by atoms with E-state index >= 15 is 0 Å². The summed E-state index contributed by atoms with van der Waals surface area (Å²) in [5.74, 6) is 6.93. The van der Waals surface area contributed by atoms with Crippen molar-refractivity contribution < 1.29 is 4.74 Å². The zero-order valence-electron chi connectivity index (χ0n) is 15.4. The van der Waals surface area contributed by atoms with Crippen LogP contribution in [0.2, 0.25) is 0 Å². The minimum absolute atomic E-state index is 0.104. The van der Waals surface area contributed by atoms with Crippen molar-refractivity contribution in [2.45, 2.75) is 12.3 Å². The number of ether oxygens (including phenoxy) is 1. The summed E-state index contributed by atoms with van der Waals surface area (Å²) < 4.78 is 5.33. The Kier molecular flexibility index (Phi) is 4.68. The molecule has 2 N–H and O–H groups in total. The molecule has 0 saturated heterocycles. The van der Waals surface area contributed by atoms with E-state index in [1.54, 1.807) is 24.3 Å². The van der Waals surface area contributed by atoms with E-state index in [0.717, 1.165) is 17.5 Å². The number of H-pyrrole nitrogens is 2. The number of hydrogen-bond acceptors (Lipinski definition) is 6. The van der Waals surface area contributed by atoms with Crippen molar-refractivity contribution in [1.82, 2.24) is 20.2 Å². The molecule has 2 aromatic heterocycles. The molecule has 0 radical (unpaired) electrons. The Balaban J connectivity index is 1.62. The van der Waals surface area contributed by atoms with Crippen LogP contribution in [0.1, 0.15) is 29.0 Å². The SMILES string of the molecule is COc1nnc(-c2c[nH]c(=O)[nH]c2=O)cc1C1CC1C#Cc1cccc(C#N)c1. The first-order valence-electron chi connectivity index (χ1n) is 8.84. The second-order valence-electron chi connectivity index (χ2n) is 6.59. The van der Waals surface area contributed by atoms with Gasteiger partial charge in [-0.15, -0.1) is 10.2 Å². The highest BCUT2D eigenvalue weighted by Gasteiger charge is 2.40. The summed E-state index contributed by atoms with van der Waals surface area (Å²) in [7, 11) is 1.51. The smallest absolute Gasteiger partial charge is 0.325 e. The average molecular weight is 385 g/mol. The first-order chi connectivity index (χ1) is 14.1. The van der Waals surface area contributed by atoms with Crippen LogP contribution in [0.25, 0.3) is 11.3 Å². The van der Waals surface area contributed by atoms with E-state index in [9.17, 15) is 9.59 Å². The molecule has 8 heteroatoms. The van der Waals surface area contributed by atoms with E-state index in [-0.39, 0.29) is 17.4 Å². The Morgan fingerprint density at radius 1 is 1.21 bits per heavy atom. The third-order valence-electron chi connectivity index (χ3n) is 4.66. The van der Waals surface area contributed by atoms with Crippen molar-refractivity contribution in [3.63, 3.8) is 0 Å². The number of aromatic amines is 2. The van der Waals surface area contributed by atoms with Gasteiger partial charge in [0.1, 0.15) is 5.69 Å². The van der Waals surface area contributed by atoms with Crippen LogP contribution in [0, 0.1) is 29.1 Å². The molecule has 0 aliphatic heterocycles. The lowest BCUT2D eigenvalue weighted by Gasteiger charge is -2.07. The fraction of sp³-hybridized carbons (Fsp3) is 0.190. The van der Waals surface area contributed by atoms with Crippen LogP contribution in [0.4, 0.5) is 0 Å². The molecule has 8 nitrogen and oxygen atoms in total. The maximum atomic E-state index is 12.0. The number of nitrogens with zero attached hydrogens (tertiary/aromatic N) is 3. The standard InChI is InChI=1S/C21H15N5O3/c1-29-20-16(9-18(25-26-20)17-11-23-21(28)24-19(17)27)15-8-14(15)6-5-12-3-2-4-13(7-12)10-22/h2-4,7,9,11,14-15H,8H2,1H3,(H2,23,24,27,28). The highest BCUT2D eigenvalue weighted by Crippen LogP contribution is 2.49. The van der Waals surface area contributed by atoms with Crippen molar-refractivity contribution >= 4 is 0 Å². The molecule has 1 aromatic carbocycles. The Hall–Kier alpha value is -4.17. The number of nitrogens with one attached hydrogen (secondary N) is 2. The summed E-state index contributed by atoms with van der Waals surface area (Å²) in [4.78, 5) is 27.9. The fourth-order valence-corrected chi connectivity index (χ4v) is 3.09. The third-order valence-corrected chi connectivity index (χ3v) is 4.66. The van der Waals surface area contributed by atoms with Gasteiger partial charge in [-0.05, 0) is 30.7 Å². The predicted molar refractivity (Wildman–Crippen MR) is 104 cm³/mol. The zero-order chi connectivity index (χ0) is 20.4. The Morgan fingerprint density at radius 2 is 2.03 bits per heavy atom. The zero-order valence-corrected chi connectivity index (χ0v) is 15.4. The number of benzene rings is 1. The quantitative estimate of drug-likeness (QED) is 0.659. The molecule has 29 heavy (non-hydrogen) atoms. The lowest BCUT2D eigenvalue weighted by molar-refractivity contribution is 0.386. The molecule has 1 aliphatic rings. The van der Waals surface area contributed by atoms with Gasteiger partial charge in [-0.1, -0.05) is 17.9 Å². The minimum atomic E-state index is -0.585. The van der Waals surface area contributed by atoms with E-state index in [0.29, 0.717) is 17.1 Å². The fourth-order valence-electron chi connectivity index (χ4n) is 3.09. The molecule has 2 unspecified atom stereocenters. The Bertz CT molecular complexity index is 1310. The van der Waals surface area contributed by atoms with Gasteiger partial charge in [0.05, 0.1) is 24.3 Å². The minimum Gasteiger partial charge on any atom is -0.480 e. The molecule has 142 valence electrons. The van der Waals surface area contributed by atoms with Gasteiger partial charge in [0.2, 0.25) is 5.88 Å². The van der Waals surface area contributed by atoms with Crippen LogP contribution >= 0.6 is 0 Å². The van der Waals surface area contributed by atoms with Crippen LogP contribution in [0.5, 0.6) is 5.88 Å². The monoisotopic (exact) mass is 385 g/mol. The lowest BCUT2D eigenvalue weighted by atomic mass is 10.1. The summed E-state index contributed by atoms with van der Waals surface area (Å²) in [6.07, 6.45) is 2.14. The molecular formula is C21H15N5O3. The highest BCUT2D eigenvalue weighted by molar-refractivity contribution is 5.58. The maximum absolute atomic E-state index is 12.0. The van der Waals surface area contributed by atoms with Gasteiger partial charge < -0.3 is 9.72 Å². The Morgan fingerprint density at radius 3 is 2.79 bits per heavy atom. The molecule has 0 spiro atoms. The van der Waals surface area contributed by atoms with Gasteiger partial charge in [0.25, 0.3) is 5.56 Å². The van der Waals surface area contributed by atoms with E-state index in [1.165, 1.54) is 13.3 Å². The van der Waals surface area contributed by atoms with Crippen LogP contribution < -0.4 is 16.0 Å². The van der Waals surface area contributed by atoms with Crippen LogP contribution in [-0.2, 0) is 0 Å². The van der Waals surface area contributed by atoms with Gasteiger partial charge in [0.15, 0.2) is 0 Å². The van der Waals surface area contributed by atoms with Crippen molar-refractivity contribution in [3.05, 3.63) is 74.1 Å². The first kappa shape index (κ1) is 18.2. The van der Waals surface area contributed by atoms with Crippen LogP contribution in [0.3, 0.4) is 0 Å². The number of methoxy groups -OCH3 is 1. The molecular weight excluding hydrogens is 370 g/mol. The summed E-state index contributed by atoms with van der Waals surface area (Å²) in [6, 6.07) is 11.0. The van der Waals surface area contributed by atoms with E-state index < -0.39 is 11.2 Å². The highest BCUT2D eigenvalue weighted by atomic mass is 16.5. The average Bonchev–Trinajstić information content (AvgIpc) is 3.51. The van der Waals surface area contributed by atoms with E-state index in [4.69, 9.17) is 10.00 Å². The van der Waals surface area contributed by atoms with Gasteiger partial charge in [0, 0.05) is 29.2 Å². The summed E-state index contributed by atoms with van der Waals surface area (Å²) in [5.41, 5.74) is 1.61. The van der Waals surface area contributed by atoms with Gasteiger partial charge >= 0.3 is 5.69 Å². The van der Waals surface area contributed by atoms with E-state index in [2.05, 4.69) is 38.1 Å². The normalized spacial score (nSPS) is 17.0. The summed E-state index contributed by atoms with van der Waals surface area (Å²) in [6.45, 7) is 0. The molecule has 0 amide bonds. The van der Waals surface area contributed by atoms with Crippen molar-refractivity contribution in [1.29, 1.82) is 5.26 Å². The summed E-state index contributed by atoms with van der Waals surface area (Å²) in [5, 5.41) is 17.1. The topological polar surface area (TPSA) is 125 Å². The molecule has 3 aromatic rings. The number of hydrogen-bond donors (Lipinski definition) is 2. The molecule has 2 atom stereocenters.